The van der Waals surface area contributed by atoms with Gasteiger partial charge in [0.1, 0.15) is 12.0 Å². The molecule has 108 valence electrons. The van der Waals surface area contributed by atoms with Crippen LogP contribution in [-0.2, 0) is 0 Å². The van der Waals surface area contributed by atoms with E-state index in [1.54, 1.807) is 0 Å². The van der Waals surface area contributed by atoms with Crippen LogP contribution < -0.4 is 15.8 Å². The van der Waals surface area contributed by atoms with Crippen LogP contribution in [0.2, 0.25) is 0 Å². The van der Waals surface area contributed by atoms with Crippen molar-refractivity contribution in [2.75, 3.05) is 24.2 Å². The molecule has 19 heavy (non-hydrogen) atoms. The van der Waals surface area contributed by atoms with Crippen molar-refractivity contribution < 1.29 is 4.74 Å². The number of nitrogens with one attached hydrogen (secondary N) is 1. The maximum atomic E-state index is 5.97. The Morgan fingerprint density at radius 2 is 2.11 bits per heavy atom. The minimum Gasteiger partial charge on any atom is -0.476 e. The SMILES string of the molecule is CCCOc1ncnc(NCCCCC(C)C)c1N. The zero-order valence-corrected chi connectivity index (χ0v) is 12.3. The van der Waals surface area contributed by atoms with Crippen LogP contribution in [0.4, 0.5) is 11.5 Å². The van der Waals surface area contributed by atoms with Gasteiger partial charge in [-0.15, -0.1) is 0 Å². The van der Waals surface area contributed by atoms with E-state index in [2.05, 4.69) is 29.1 Å². The van der Waals surface area contributed by atoms with Crippen LogP contribution in [0.3, 0.4) is 0 Å². The second-order valence-corrected chi connectivity index (χ2v) is 5.11. The molecular formula is C14H26N4O. The van der Waals surface area contributed by atoms with Crippen molar-refractivity contribution in [1.82, 2.24) is 9.97 Å². The van der Waals surface area contributed by atoms with Crippen molar-refractivity contribution in [3.8, 4) is 5.88 Å². The fourth-order valence-corrected chi connectivity index (χ4v) is 1.72. The molecule has 5 heteroatoms. The Bertz CT molecular complexity index is 368. The summed E-state index contributed by atoms with van der Waals surface area (Å²) in [6.45, 7) is 8.03. The van der Waals surface area contributed by atoms with Gasteiger partial charge in [-0.25, -0.2) is 4.98 Å². The molecule has 0 aromatic carbocycles. The lowest BCUT2D eigenvalue weighted by Gasteiger charge is -2.11. The number of ether oxygens (including phenoxy) is 1. The van der Waals surface area contributed by atoms with Gasteiger partial charge < -0.3 is 15.8 Å². The number of rotatable bonds is 9. The maximum absolute atomic E-state index is 5.97. The third-order valence-corrected chi connectivity index (χ3v) is 2.79. The molecule has 1 aromatic heterocycles. The largest absolute Gasteiger partial charge is 0.476 e. The van der Waals surface area contributed by atoms with Gasteiger partial charge >= 0.3 is 0 Å². The Labute approximate surface area is 116 Å². The topological polar surface area (TPSA) is 73.1 Å². The highest BCUT2D eigenvalue weighted by atomic mass is 16.5. The third kappa shape index (κ3) is 5.77. The fraction of sp³-hybridized carbons (Fsp3) is 0.714. The van der Waals surface area contributed by atoms with Gasteiger partial charge in [-0.2, -0.15) is 4.98 Å². The molecule has 0 amide bonds. The van der Waals surface area contributed by atoms with E-state index < -0.39 is 0 Å². The van der Waals surface area contributed by atoms with Gasteiger partial charge in [0.05, 0.1) is 6.61 Å². The quantitative estimate of drug-likeness (QED) is 0.672. The highest BCUT2D eigenvalue weighted by molar-refractivity contribution is 5.66. The van der Waals surface area contributed by atoms with Gasteiger partial charge in [-0.1, -0.05) is 33.6 Å². The first kappa shape index (κ1) is 15.5. The number of anilines is 2. The fourth-order valence-electron chi connectivity index (χ4n) is 1.72. The smallest absolute Gasteiger partial charge is 0.242 e. The van der Waals surface area contributed by atoms with E-state index in [1.807, 2.05) is 6.92 Å². The van der Waals surface area contributed by atoms with E-state index >= 15 is 0 Å². The molecule has 0 radical (unpaired) electrons. The zero-order valence-electron chi connectivity index (χ0n) is 12.3. The minimum atomic E-state index is 0.474. The van der Waals surface area contributed by atoms with Crippen molar-refractivity contribution in [3.05, 3.63) is 6.33 Å². The van der Waals surface area contributed by atoms with Gasteiger partial charge in [-0.3, -0.25) is 0 Å². The summed E-state index contributed by atoms with van der Waals surface area (Å²) in [5.41, 5.74) is 6.47. The van der Waals surface area contributed by atoms with Crippen molar-refractivity contribution >= 4 is 11.5 Å². The Morgan fingerprint density at radius 1 is 1.32 bits per heavy atom. The van der Waals surface area contributed by atoms with E-state index in [0.717, 1.165) is 25.3 Å². The van der Waals surface area contributed by atoms with Crippen molar-refractivity contribution in [2.45, 2.75) is 46.5 Å². The summed E-state index contributed by atoms with van der Waals surface area (Å²) >= 11 is 0. The van der Waals surface area contributed by atoms with Crippen molar-refractivity contribution in [3.63, 3.8) is 0 Å². The van der Waals surface area contributed by atoms with Crippen LogP contribution in [-0.4, -0.2) is 23.1 Å². The van der Waals surface area contributed by atoms with E-state index in [-0.39, 0.29) is 0 Å². The van der Waals surface area contributed by atoms with Crippen LogP contribution in [0, 0.1) is 5.92 Å². The lowest BCUT2D eigenvalue weighted by Crippen LogP contribution is -2.09. The average Bonchev–Trinajstić information content (AvgIpc) is 2.38. The van der Waals surface area contributed by atoms with E-state index in [4.69, 9.17) is 10.5 Å². The molecule has 0 fully saturated rings. The minimum absolute atomic E-state index is 0.474. The van der Waals surface area contributed by atoms with E-state index in [9.17, 15) is 0 Å². The lowest BCUT2D eigenvalue weighted by atomic mass is 10.1. The molecule has 1 heterocycles. The molecule has 5 nitrogen and oxygen atoms in total. The summed E-state index contributed by atoms with van der Waals surface area (Å²) in [4.78, 5) is 8.20. The molecule has 0 saturated carbocycles. The Hall–Kier alpha value is -1.52. The first-order valence-corrected chi connectivity index (χ1v) is 7.12. The van der Waals surface area contributed by atoms with Crippen molar-refractivity contribution in [2.24, 2.45) is 5.92 Å². The molecule has 0 aliphatic heterocycles. The summed E-state index contributed by atoms with van der Waals surface area (Å²) in [5, 5.41) is 3.25. The molecule has 0 spiro atoms. The predicted molar refractivity (Wildman–Crippen MR) is 79.4 cm³/mol. The molecular weight excluding hydrogens is 240 g/mol. The monoisotopic (exact) mass is 266 g/mol. The maximum Gasteiger partial charge on any atom is 0.242 e. The second-order valence-electron chi connectivity index (χ2n) is 5.11. The normalized spacial score (nSPS) is 10.7. The Balaban J connectivity index is 2.40. The summed E-state index contributed by atoms with van der Waals surface area (Å²) in [6, 6.07) is 0. The van der Waals surface area contributed by atoms with Gasteiger partial charge in [0, 0.05) is 6.54 Å². The van der Waals surface area contributed by atoms with Gasteiger partial charge in [0.15, 0.2) is 5.82 Å². The molecule has 0 aliphatic rings. The number of nitrogens with two attached hydrogens (primary N) is 1. The summed E-state index contributed by atoms with van der Waals surface area (Å²) in [5.74, 6) is 1.91. The van der Waals surface area contributed by atoms with Gasteiger partial charge in [0.2, 0.25) is 5.88 Å². The van der Waals surface area contributed by atoms with E-state index in [0.29, 0.717) is 24.0 Å². The first-order chi connectivity index (χ1) is 9.15. The number of hydrogen-bond donors (Lipinski definition) is 2. The van der Waals surface area contributed by atoms with Gasteiger partial charge in [0.25, 0.3) is 0 Å². The molecule has 0 bridgehead atoms. The lowest BCUT2D eigenvalue weighted by molar-refractivity contribution is 0.306. The van der Waals surface area contributed by atoms with Crippen LogP contribution in [0.15, 0.2) is 6.33 Å². The highest BCUT2D eigenvalue weighted by Gasteiger charge is 2.08. The summed E-state index contributed by atoms with van der Waals surface area (Å²) in [7, 11) is 0. The Morgan fingerprint density at radius 3 is 2.79 bits per heavy atom. The highest BCUT2D eigenvalue weighted by Crippen LogP contribution is 2.24. The molecule has 3 N–H and O–H groups in total. The number of nitrogens with zero attached hydrogens (tertiary/aromatic N) is 2. The molecule has 0 atom stereocenters. The first-order valence-electron chi connectivity index (χ1n) is 7.12. The van der Waals surface area contributed by atoms with E-state index in [1.165, 1.54) is 19.2 Å². The predicted octanol–water partition coefficient (Wildman–Crippen LogP) is 3.09. The summed E-state index contributed by atoms with van der Waals surface area (Å²) in [6.07, 6.45) is 6.01. The zero-order chi connectivity index (χ0) is 14.1. The van der Waals surface area contributed by atoms with Crippen LogP contribution in [0.5, 0.6) is 5.88 Å². The van der Waals surface area contributed by atoms with Gasteiger partial charge in [-0.05, 0) is 18.8 Å². The number of hydrogen-bond acceptors (Lipinski definition) is 5. The number of nitrogen functional groups attached to an aromatic ring is 1. The second kappa shape index (κ2) is 8.56. The van der Waals surface area contributed by atoms with Crippen molar-refractivity contribution in [1.29, 1.82) is 0 Å². The molecule has 1 rings (SSSR count). The number of unbranched alkanes of at least 4 members (excludes halogenated alkanes) is 1. The molecule has 0 saturated heterocycles. The standard InChI is InChI=1S/C14H26N4O/c1-4-9-19-14-12(15)13(17-10-18-14)16-8-6-5-7-11(2)3/h10-11H,4-9,15H2,1-3H3,(H,16,17,18). The third-order valence-electron chi connectivity index (χ3n) is 2.79. The van der Waals surface area contributed by atoms with Crippen LogP contribution in [0.25, 0.3) is 0 Å². The summed E-state index contributed by atoms with van der Waals surface area (Å²) < 4.78 is 5.47. The molecule has 0 unspecified atom stereocenters. The number of aromatic nitrogens is 2. The Kier molecular flexibility index (Phi) is 7.00. The van der Waals surface area contributed by atoms with Crippen LogP contribution in [0.1, 0.15) is 46.5 Å². The molecule has 0 aliphatic carbocycles. The van der Waals surface area contributed by atoms with Crippen LogP contribution >= 0.6 is 0 Å². The molecule has 1 aromatic rings. The average molecular weight is 266 g/mol.